The Morgan fingerprint density at radius 3 is 2.42 bits per heavy atom. The van der Waals surface area contributed by atoms with Gasteiger partial charge in [0.25, 0.3) is 5.56 Å². The molecule has 0 aliphatic carbocycles. The molecular formula is C24H27N3O4. The maximum atomic E-state index is 12.9. The Morgan fingerprint density at radius 1 is 1.06 bits per heavy atom. The summed E-state index contributed by atoms with van der Waals surface area (Å²) in [5.41, 5.74) is 1.58. The lowest BCUT2D eigenvalue weighted by molar-refractivity contribution is -0.133. The molecule has 0 radical (unpaired) electrons. The van der Waals surface area contributed by atoms with Gasteiger partial charge in [-0.1, -0.05) is 30.3 Å². The zero-order valence-corrected chi connectivity index (χ0v) is 17.9. The van der Waals surface area contributed by atoms with E-state index < -0.39 is 0 Å². The van der Waals surface area contributed by atoms with Gasteiger partial charge < -0.3 is 14.4 Å². The van der Waals surface area contributed by atoms with Crippen molar-refractivity contribution in [2.45, 2.75) is 25.8 Å². The first-order valence-corrected chi connectivity index (χ1v) is 10.5. The lowest BCUT2D eigenvalue weighted by Gasteiger charge is -2.32. The molecule has 0 saturated carbocycles. The molecule has 0 spiro atoms. The Balaban J connectivity index is 1.43. The van der Waals surface area contributed by atoms with Crippen molar-refractivity contribution in [3.63, 3.8) is 0 Å². The van der Waals surface area contributed by atoms with Crippen LogP contribution in [0.25, 0.3) is 10.9 Å². The topological polar surface area (TPSA) is 73.7 Å². The first kappa shape index (κ1) is 20.9. The van der Waals surface area contributed by atoms with Crippen molar-refractivity contribution in [3.8, 4) is 11.5 Å². The second-order valence-corrected chi connectivity index (χ2v) is 7.92. The lowest BCUT2D eigenvalue weighted by atomic mass is 9.90. The molecule has 2 aromatic carbocycles. The number of carbonyl (C=O) groups is 1. The summed E-state index contributed by atoms with van der Waals surface area (Å²) in [6.07, 6.45) is 4.42. The van der Waals surface area contributed by atoms with E-state index >= 15 is 0 Å². The van der Waals surface area contributed by atoms with Crippen molar-refractivity contribution in [3.05, 3.63) is 64.7 Å². The molecule has 4 rings (SSSR count). The Kier molecular flexibility index (Phi) is 6.21. The smallest absolute Gasteiger partial charge is 0.261 e. The third-order valence-corrected chi connectivity index (χ3v) is 5.97. The zero-order valence-electron chi connectivity index (χ0n) is 17.9. The van der Waals surface area contributed by atoms with Gasteiger partial charge in [-0.15, -0.1) is 0 Å². The predicted molar refractivity (Wildman–Crippen MR) is 119 cm³/mol. The molecule has 162 valence electrons. The Labute approximate surface area is 181 Å². The Hall–Kier alpha value is -3.35. The molecule has 7 nitrogen and oxygen atoms in total. The monoisotopic (exact) mass is 421 g/mol. The molecule has 1 aromatic heterocycles. The summed E-state index contributed by atoms with van der Waals surface area (Å²) in [6.45, 7) is 1.42. The van der Waals surface area contributed by atoms with E-state index in [1.165, 1.54) is 30.7 Å². The van der Waals surface area contributed by atoms with Crippen molar-refractivity contribution < 1.29 is 14.3 Å². The van der Waals surface area contributed by atoms with Gasteiger partial charge >= 0.3 is 0 Å². The number of likely N-dealkylation sites (tertiary alicyclic amines) is 1. The van der Waals surface area contributed by atoms with Crippen molar-refractivity contribution in [1.29, 1.82) is 0 Å². The number of fused-ring (bicyclic) bond motifs is 1. The summed E-state index contributed by atoms with van der Waals surface area (Å²) in [7, 11) is 3.05. The quantitative estimate of drug-likeness (QED) is 0.612. The Bertz CT molecular complexity index is 1120. The van der Waals surface area contributed by atoms with E-state index in [-0.39, 0.29) is 18.0 Å². The first-order valence-electron chi connectivity index (χ1n) is 10.5. The molecule has 7 heteroatoms. The fourth-order valence-electron chi connectivity index (χ4n) is 4.18. The van der Waals surface area contributed by atoms with Crippen LogP contribution < -0.4 is 15.0 Å². The first-order chi connectivity index (χ1) is 15.1. The van der Waals surface area contributed by atoms with Gasteiger partial charge in [-0.2, -0.15) is 0 Å². The van der Waals surface area contributed by atoms with Crippen LogP contribution in [-0.4, -0.2) is 47.7 Å². The summed E-state index contributed by atoms with van der Waals surface area (Å²) >= 11 is 0. The van der Waals surface area contributed by atoms with E-state index in [0.29, 0.717) is 28.3 Å². The van der Waals surface area contributed by atoms with Crippen molar-refractivity contribution in [1.82, 2.24) is 14.5 Å². The minimum absolute atomic E-state index is 0.0144. The fraction of sp³-hybridized carbons (Fsp3) is 0.375. The molecule has 1 aliphatic heterocycles. The molecule has 1 amide bonds. The van der Waals surface area contributed by atoms with E-state index in [9.17, 15) is 9.59 Å². The minimum Gasteiger partial charge on any atom is -0.493 e. The van der Waals surface area contributed by atoms with Crippen molar-refractivity contribution in [2.24, 2.45) is 5.92 Å². The highest BCUT2D eigenvalue weighted by molar-refractivity contribution is 5.82. The lowest BCUT2D eigenvalue weighted by Crippen LogP contribution is -2.41. The number of methoxy groups -OCH3 is 2. The van der Waals surface area contributed by atoms with Crippen LogP contribution in [0.5, 0.6) is 11.5 Å². The van der Waals surface area contributed by atoms with E-state index in [2.05, 4.69) is 29.2 Å². The van der Waals surface area contributed by atoms with Gasteiger partial charge in [-0.25, -0.2) is 4.98 Å². The van der Waals surface area contributed by atoms with Crippen LogP contribution >= 0.6 is 0 Å². The van der Waals surface area contributed by atoms with Gasteiger partial charge in [-0.3, -0.25) is 14.2 Å². The van der Waals surface area contributed by atoms with Crippen LogP contribution in [0.2, 0.25) is 0 Å². The van der Waals surface area contributed by atoms with Crippen LogP contribution in [0, 0.1) is 5.92 Å². The van der Waals surface area contributed by atoms with E-state index in [1.807, 2.05) is 11.0 Å². The number of ether oxygens (including phenoxy) is 2. The molecule has 31 heavy (non-hydrogen) atoms. The predicted octanol–water partition coefficient (Wildman–Crippen LogP) is 2.90. The number of amides is 1. The molecular weight excluding hydrogens is 394 g/mol. The molecule has 1 fully saturated rings. The molecule has 0 unspecified atom stereocenters. The highest BCUT2D eigenvalue weighted by Gasteiger charge is 2.23. The third kappa shape index (κ3) is 4.55. The molecule has 2 heterocycles. The Morgan fingerprint density at radius 2 is 1.74 bits per heavy atom. The SMILES string of the molecule is COc1cc2ncn(CC(=O)N3CCC(Cc4ccccc4)CC3)c(=O)c2cc1OC. The van der Waals surface area contributed by atoms with E-state index in [0.717, 1.165) is 32.4 Å². The van der Waals surface area contributed by atoms with Crippen LogP contribution in [0.1, 0.15) is 18.4 Å². The van der Waals surface area contributed by atoms with Crippen molar-refractivity contribution in [2.75, 3.05) is 27.3 Å². The maximum absolute atomic E-state index is 12.9. The summed E-state index contributed by atoms with van der Waals surface area (Å²) in [5.74, 6) is 1.49. The summed E-state index contributed by atoms with van der Waals surface area (Å²) < 4.78 is 11.9. The van der Waals surface area contributed by atoms with Crippen LogP contribution in [0.4, 0.5) is 0 Å². The molecule has 1 saturated heterocycles. The summed E-state index contributed by atoms with van der Waals surface area (Å²) in [6, 6.07) is 13.7. The third-order valence-electron chi connectivity index (χ3n) is 5.97. The number of carbonyl (C=O) groups excluding carboxylic acids is 1. The second kappa shape index (κ2) is 9.20. The summed E-state index contributed by atoms with van der Waals surface area (Å²) in [4.78, 5) is 32.0. The normalized spacial score (nSPS) is 14.6. The molecule has 0 N–H and O–H groups in total. The summed E-state index contributed by atoms with van der Waals surface area (Å²) in [5, 5.41) is 0.398. The highest BCUT2D eigenvalue weighted by atomic mass is 16.5. The minimum atomic E-state index is -0.265. The molecule has 0 bridgehead atoms. The molecule has 0 atom stereocenters. The van der Waals surface area contributed by atoms with Gasteiger partial charge in [0, 0.05) is 19.2 Å². The van der Waals surface area contributed by atoms with Crippen LogP contribution in [0.15, 0.2) is 53.6 Å². The number of hydrogen-bond donors (Lipinski definition) is 0. The van der Waals surface area contributed by atoms with Gasteiger partial charge in [0.2, 0.25) is 5.91 Å². The molecule has 1 aliphatic rings. The average molecular weight is 421 g/mol. The number of rotatable bonds is 6. The average Bonchev–Trinajstić information content (AvgIpc) is 2.81. The van der Waals surface area contributed by atoms with Crippen LogP contribution in [-0.2, 0) is 17.8 Å². The zero-order chi connectivity index (χ0) is 21.8. The van der Waals surface area contributed by atoms with Crippen LogP contribution in [0.3, 0.4) is 0 Å². The fourth-order valence-corrected chi connectivity index (χ4v) is 4.18. The number of benzene rings is 2. The van der Waals surface area contributed by atoms with Crippen molar-refractivity contribution >= 4 is 16.8 Å². The van der Waals surface area contributed by atoms with E-state index in [1.54, 1.807) is 12.1 Å². The number of piperidine rings is 1. The van der Waals surface area contributed by atoms with Gasteiger partial charge in [0.15, 0.2) is 11.5 Å². The molecule has 3 aromatic rings. The number of nitrogens with zero attached hydrogens (tertiary/aromatic N) is 3. The van der Waals surface area contributed by atoms with E-state index in [4.69, 9.17) is 9.47 Å². The second-order valence-electron chi connectivity index (χ2n) is 7.92. The largest absolute Gasteiger partial charge is 0.493 e. The van der Waals surface area contributed by atoms with Gasteiger partial charge in [-0.05, 0) is 36.8 Å². The maximum Gasteiger partial charge on any atom is 0.261 e. The highest BCUT2D eigenvalue weighted by Crippen LogP contribution is 2.29. The number of aromatic nitrogens is 2. The standard InChI is InChI=1S/C24H27N3O4/c1-30-21-13-19-20(14-22(21)31-2)25-16-27(24(19)29)15-23(28)26-10-8-18(9-11-26)12-17-6-4-3-5-7-17/h3-7,13-14,16,18H,8-12,15H2,1-2H3. The van der Waals surface area contributed by atoms with Gasteiger partial charge in [0.1, 0.15) is 6.54 Å². The number of hydrogen-bond acceptors (Lipinski definition) is 5. The van der Waals surface area contributed by atoms with Gasteiger partial charge in [0.05, 0.1) is 31.4 Å².